The van der Waals surface area contributed by atoms with Gasteiger partial charge in [-0.1, -0.05) is 19.9 Å². The van der Waals surface area contributed by atoms with Gasteiger partial charge < -0.3 is 25.6 Å². The molecular formula is C22H40N6O2. The van der Waals surface area contributed by atoms with E-state index in [4.69, 9.17) is 9.73 Å². The Morgan fingerprint density at radius 2 is 1.83 bits per heavy atom. The van der Waals surface area contributed by atoms with Crippen LogP contribution in [0.5, 0.6) is 0 Å². The summed E-state index contributed by atoms with van der Waals surface area (Å²) < 4.78 is 5.46. The molecule has 0 fully saturated rings. The van der Waals surface area contributed by atoms with Crippen LogP contribution in [0.4, 0.5) is 10.6 Å². The van der Waals surface area contributed by atoms with Gasteiger partial charge in [0, 0.05) is 38.9 Å². The number of guanidine groups is 1. The fourth-order valence-electron chi connectivity index (χ4n) is 2.96. The van der Waals surface area contributed by atoms with Crippen LogP contribution in [0.1, 0.15) is 59.9 Å². The summed E-state index contributed by atoms with van der Waals surface area (Å²) in [6.45, 7) is 13.5. The number of ether oxygens (including phenoxy) is 1. The number of alkyl carbamates (subject to hydrolysis) is 1. The van der Waals surface area contributed by atoms with E-state index in [0.29, 0.717) is 19.0 Å². The van der Waals surface area contributed by atoms with E-state index in [1.807, 2.05) is 58.8 Å². The van der Waals surface area contributed by atoms with Crippen molar-refractivity contribution in [1.82, 2.24) is 20.9 Å². The third kappa shape index (κ3) is 8.47. The van der Waals surface area contributed by atoms with E-state index in [2.05, 4.69) is 34.8 Å². The van der Waals surface area contributed by atoms with Gasteiger partial charge in [0.25, 0.3) is 0 Å². The van der Waals surface area contributed by atoms with Gasteiger partial charge in [-0.15, -0.1) is 0 Å². The van der Waals surface area contributed by atoms with Gasteiger partial charge in [-0.25, -0.2) is 14.8 Å². The van der Waals surface area contributed by atoms with Gasteiger partial charge in [0.1, 0.15) is 11.4 Å². The summed E-state index contributed by atoms with van der Waals surface area (Å²) in [6, 6.07) is 3.95. The Bertz CT molecular complexity index is 693. The number of carbonyl (C=O) groups is 1. The van der Waals surface area contributed by atoms with Crippen molar-refractivity contribution in [1.29, 1.82) is 0 Å². The van der Waals surface area contributed by atoms with Gasteiger partial charge in [0.15, 0.2) is 5.96 Å². The first-order chi connectivity index (χ1) is 14.1. The first-order valence-electron chi connectivity index (χ1n) is 10.7. The monoisotopic (exact) mass is 420 g/mol. The summed E-state index contributed by atoms with van der Waals surface area (Å²) in [5, 5.41) is 9.72. The SMILES string of the molecule is CCNC(=NCc1cccnc1N(C)C)NCC(CC)(CC)NC(=O)OC(C)(C)C. The zero-order valence-electron chi connectivity index (χ0n) is 19.9. The fourth-order valence-corrected chi connectivity index (χ4v) is 2.96. The van der Waals surface area contributed by atoms with Gasteiger partial charge in [-0.05, 0) is 46.6 Å². The number of aliphatic imine (C=N–C) groups is 1. The van der Waals surface area contributed by atoms with Crippen LogP contribution in [0.25, 0.3) is 0 Å². The number of anilines is 1. The molecule has 0 aliphatic rings. The van der Waals surface area contributed by atoms with Crippen LogP contribution in [0.2, 0.25) is 0 Å². The van der Waals surface area contributed by atoms with E-state index in [0.717, 1.165) is 30.8 Å². The highest BCUT2D eigenvalue weighted by Gasteiger charge is 2.30. The average molecular weight is 421 g/mol. The lowest BCUT2D eigenvalue weighted by atomic mass is 9.93. The van der Waals surface area contributed by atoms with Crippen molar-refractivity contribution >= 4 is 17.9 Å². The number of aromatic nitrogens is 1. The molecule has 0 atom stereocenters. The molecule has 1 aromatic rings. The second-order valence-corrected chi connectivity index (χ2v) is 8.54. The Hall–Kier alpha value is -2.51. The molecular weight excluding hydrogens is 380 g/mol. The highest BCUT2D eigenvalue weighted by atomic mass is 16.6. The Labute approximate surface area is 181 Å². The van der Waals surface area contributed by atoms with Crippen LogP contribution in [0.3, 0.4) is 0 Å². The van der Waals surface area contributed by atoms with E-state index in [1.165, 1.54) is 0 Å². The van der Waals surface area contributed by atoms with Crippen molar-refractivity contribution < 1.29 is 9.53 Å². The molecule has 0 aliphatic heterocycles. The minimum absolute atomic E-state index is 0.402. The average Bonchev–Trinajstić information content (AvgIpc) is 2.67. The molecule has 0 aromatic carbocycles. The van der Waals surface area contributed by atoms with E-state index in [-0.39, 0.29) is 0 Å². The third-order valence-electron chi connectivity index (χ3n) is 4.76. The fraction of sp³-hybridized carbons (Fsp3) is 0.682. The zero-order valence-corrected chi connectivity index (χ0v) is 19.9. The number of carbonyl (C=O) groups excluding carboxylic acids is 1. The first-order valence-corrected chi connectivity index (χ1v) is 10.7. The smallest absolute Gasteiger partial charge is 0.408 e. The number of pyridine rings is 1. The van der Waals surface area contributed by atoms with Gasteiger partial charge in [-0.2, -0.15) is 0 Å². The highest BCUT2D eigenvalue weighted by molar-refractivity contribution is 5.80. The quantitative estimate of drug-likeness (QED) is 0.419. The first kappa shape index (κ1) is 25.5. The normalized spacial score (nSPS) is 12.3. The maximum Gasteiger partial charge on any atom is 0.408 e. The zero-order chi connectivity index (χ0) is 22.8. The van der Waals surface area contributed by atoms with E-state index in [1.54, 1.807) is 6.20 Å². The van der Waals surface area contributed by atoms with Crippen LogP contribution in [-0.2, 0) is 11.3 Å². The van der Waals surface area contributed by atoms with Crippen LogP contribution in [0.15, 0.2) is 23.3 Å². The summed E-state index contributed by atoms with van der Waals surface area (Å²) >= 11 is 0. The van der Waals surface area contributed by atoms with Crippen LogP contribution >= 0.6 is 0 Å². The summed E-state index contributed by atoms with van der Waals surface area (Å²) in [5.74, 6) is 1.60. The lowest BCUT2D eigenvalue weighted by Gasteiger charge is -2.34. The van der Waals surface area contributed by atoms with E-state index in [9.17, 15) is 4.79 Å². The molecule has 1 rings (SSSR count). The Kier molecular flexibility index (Phi) is 9.89. The second-order valence-electron chi connectivity index (χ2n) is 8.54. The predicted molar refractivity (Wildman–Crippen MR) is 124 cm³/mol. The van der Waals surface area contributed by atoms with Crippen molar-refractivity contribution in [2.45, 2.75) is 72.1 Å². The predicted octanol–water partition coefficient (Wildman–Crippen LogP) is 3.29. The highest BCUT2D eigenvalue weighted by Crippen LogP contribution is 2.17. The summed E-state index contributed by atoms with van der Waals surface area (Å²) in [5.41, 5.74) is 0.0835. The molecule has 0 saturated carbocycles. The number of amides is 1. The van der Waals surface area contributed by atoms with Gasteiger partial charge in [0.05, 0.1) is 12.1 Å². The molecule has 0 radical (unpaired) electrons. The molecule has 1 heterocycles. The Balaban J connectivity index is 2.90. The number of rotatable bonds is 9. The topological polar surface area (TPSA) is 90.9 Å². The van der Waals surface area contributed by atoms with Crippen LogP contribution < -0.4 is 20.9 Å². The molecule has 0 saturated heterocycles. The summed E-state index contributed by atoms with van der Waals surface area (Å²) in [6.07, 6.45) is 2.91. The van der Waals surface area contributed by atoms with Crippen molar-refractivity contribution in [3.63, 3.8) is 0 Å². The minimum Gasteiger partial charge on any atom is -0.444 e. The molecule has 0 bridgehead atoms. The van der Waals surface area contributed by atoms with Crippen molar-refractivity contribution in [3.05, 3.63) is 23.9 Å². The minimum atomic E-state index is -0.533. The Morgan fingerprint density at radius 3 is 2.37 bits per heavy atom. The molecule has 1 aromatic heterocycles. The van der Waals surface area contributed by atoms with Gasteiger partial charge >= 0.3 is 6.09 Å². The van der Waals surface area contributed by atoms with Crippen molar-refractivity contribution in [2.75, 3.05) is 32.1 Å². The molecule has 1 amide bonds. The molecule has 30 heavy (non-hydrogen) atoms. The standard InChI is InChI=1S/C22H40N6O2/c1-9-22(10-2,27-20(29)30-21(4,5)6)16-26-19(23-11-3)25-15-17-13-12-14-24-18(17)28(7)8/h12-14H,9-11,15-16H2,1-8H3,(H,27,29)(H2,23,25,26). The Morgan fingerprint density at radius 1 is 1.17 bits per heavy atom. The lowest BCUT2D eigenvalue weighted by molar-refractivity contribution is 0.0448. The van der Waals surface area contributed by atoms with E-state index >= 15 is 0 Å². The molecule has 0 spiro atoms. The maximum atomic E-state index is 12.4. The van der Waals surface area contributed by atoms with E-state index < -0.39 is 17.2 Å². The van der Waals surface area contributed by atoms with Crippen molar-refractivity contribution in [3.8, 4) is 0 Å². The van der Waals surface area contributed by atoms with Crippen molar-refractivity contribution in [2.24, 2.45) is 4.99 Å². The lowest BCUT2D eigenvalue weighted by Crippen LogP contribution is -2.57. The maximum absolute atomic E-state index is 12.4. The molecule has 3 N–H and O–H groups in total. The second kappa shape index (κ2) is 11.6. The van der Waals surface area contributed by atoms with Crippen LogP contribution in [0, 0.1) is 0 Å². The summed E-state index contributed by atoms with van der Waals surface area (Å²) in [7, 11) is 3.94. The van der Waals surface area contributed by atoms with Crippen LogP contribution in [-0.4, -0.2) is 55.4 Å². The van der Waals surface area contributed by atoms with Gasteiger partial charge in [0.2, 0.25) is 0 Å². The molecule has 8 heteroatoms. The summed E-state index contributed by atoms with van der Waals surface area (Å²) in [4.78, 5) is 23.5. The third-order valence-corrected chi connectivity index (χ3v) is 4.76. The molecule has 8 nitrogen and oxygen atoms in total. The number of nitrogens with zero attached hydrogens (tertiary/aromatic N) is 3. The number of nitrogens with one attached hydrogen (secondary N) is 3. The number of hydrogen-bond donors (Lipinski definition) is 3. The van der Waals surface area contributed by atoms with Gasteiger partial charge in [-0.3, -0.25) is 0 Å². The molecule has 0 unspecified atom stereocenters. The largest absolute Gasteiger partial charge is 0.444 e. The number of hydrogen-bond acceptors (Lipinski definition) is 5. The molecule has 0 aliphatic carbocycles. The molecule has 170 valence electrons.